The van der Waals surface area contributed by atoms with Crippen molar-refractivity contribution in [2.24, 2.45) is 5.92 Å². The molecule has 0 amide bonds. The molecule has 1 heterocycles. The van der Waals surface area contributed by atoms with Crippen molar-refractivity contribution in [1.82, 2.24) is 10.0 Å². The molecule has 102 valence electrons. The van der Waals surface area contributed by atoms with Crippen molar-refractivity contribution in [2.45, 2.75) is 12.2 Å². The molecule has 0 aliphatic carbocycles. The van der Waals surface area contributed by atoms with E-state index in [0.717, 1.165) is 19.5 Å². The maximum absolute atomic E-state index is 12.0. The Morgan fingerprint density at radius 3 is 2.89 bits per heavy atom. The summed E-state index contributed by atoms with van der Waals surface area (Å²) in [6, 6.07) is 8.79. The summed E-state index contributed by atoms with van der Waals surface area (Å²) in [7, 11) is -3.38. The fourth-order valence-corrected chi connectivity index (χ4v) is 3.40. The number of hydrogen-bond acceptors (Lipinski definition) is 4. The molecule has 0 spiro atoms. The van der Waals surface area contributed by atoms with E-state index in [2.05, 4.69) is 10.0 Å². The second-order valence-electron chi connectivity index (χ2n) is 4.74. The molecule has 19 heavy (non-hydrogen) atoms. The van der Waals surface area contributed by atoms with Crippen molar-refractivity contribution in [3.8, 4) is 6.07 Å². The number of nitriles is 1. The van der Waals surface area contributed by atoms with Crippen LogP contribution in [-0.4, -0.2) is 28.1 Å². The average molecular weight is 279 g/mol. The Hall–Kier alpha value is -1.42. The molecule has 1 fully saturated rings. The average Bonchev–Trinajstić information content (AvgIpc) is 2.90. The van der Waals surface area contributed by atoms with Crippen LogP contribution in [0.4, 0.5) is 0 Å². The number of benzene rings is 1. The van der Waals surface area contributed by atoms with Crippen LogP contribution in [0.25, 0.3) is 0 Å². The number of rotatable bonds is 5. The summed E-state index contributed by atoms with van der Waals surface area (Å²) >= 11 is 0. The van der Waals surface area contributed by atoms with Crippen molar-refractivity contribution in [1.29, 1.82) is 5.26 Å². The minimum absolute atomic E-state index is 0.142. The van der Waals surface area contributed by atoms with Gasteiger partial charge in [0.25, 0.3) is 0 Å². The minimum Gasteiger partial charge on any atom is -0.316 e. The van der Waals surface area contributed by atoms with Crippen molar-refractivity contribution < 1.29 is 8.42 Å². The molecule has 1 aromatic carbocycles. The Labute approximate surface area is 113 Å². The van der Waals surface area contributed by atoms with Gasteiger partial charge in [-0.25, -0.2) is 13.1 Å². The Bertz CT molecular complexity index is 572. The van der Waals surface area contributed by atoms with Crippen molar-refractivity contribution in [3.63, 3.8) is 0 Å². The van der Waals surface area contributed by atoms with Gasteiger partial charge in [0.1, 0.15) is 0 Å². The monoisotopic (exact) mass is 279 g/mol. The molecular weight excluding hydrogens is 262 g/mol. The molecular formula is C13H17N3O2S. The van der Waals surface area contributed by atoms with Crippen LogP contribution in [0.15, 0.2) is 24.3 Å². The zero-order chi connectivity index (χ0) is 13.7. The van der Waals surface area contributed by atoms with Crippen LogP contribution >= 0.6 is 0 Å². The van der Waals surface area contributed by atoms with Gasteiger partial charge in [-0.1, -0.05) is 18.2 Å². The Balaban J connectivity index is 1.98. The summed E-state index contributed by atoms with van der Waals surface area (Å²) in [6.45, 7) is 2.27. The molecule has 0 bridgehead atoms. The van der Waals surface area contributed by atoms with E-state index in [9.17, 15) is 8.42 Å². The number of sulfonamides is 1. The van der Waals surface area contributed by atoms with Crippen LogP contribution in [0.5, 0.6) is 0 Å². The first-order chi connectivity index (χ1) is 9.11. The third kappa shape index (κ3) is 4.03. The highest BCUT2D eigenvalue weighted by Gasteiger charge is 2.19. The normalized spacial score (nSPS) is 19.2. The molecule has 2 rings (SSSR count). The Morgan fingerprint density at radius 1 is 1.42 bits per heavy atom. The van der Waals surface area contributed by atoms with E-state index in [1.54, 1.807) is 24.3 Å². The van der Waals surface area contributed by atoms with E-state index in [4.69, 9.17) is 5.26 Å². The molecule has 6 heteroatoms. The van der Waals surface area contributed by atoms with Gasteiger partial charge in [0.15, 0.2) is 0 Å². The summed E-state index contributed by atoms with van der Waals surface area (Å²) in [5.74, 6) is 0.220. The third-order valence-corrected chi connectivity index (χ3v) is 4.54. The number of hydrogen-bond donors (Lipinski definition) is 2. The van der Waals surface area contributed by atoms with E-state index in [0.29, 0.717) is 23.6 Å². The fourth-order valence-electron chi connectivity index (χ4n) is 2.14. The lowest BCUT2D eigenvalue weighted by Gasteiger charge is -2.11. The molecule has 5 nitrogen and oxygen atoms in total. The van der Waals surface area contributed by atoms with Gasteiger partial charge in [-0.3, -0.25) is 0 Å². The molecule has 1 atom stereocenters. The van der Waals surface area contributed by atoms with Gasteiger partial charge in [-0.05, 0) is 37.1 Å². The predicted molar refractivity (Wildman–Crippen MR) is 72.8 cm³/mol. The topological polar surface area (TPSA) is 82.0 Å². The molecule has 1 aliphatic rings. The standard InChI is InChI=1S/C13H17N3O2S/c14-7-12-3-1-2-4-13(12)10-19(17,18)16-9-11-5-6-15-8-11/h1-4,11,15-16H,5-6,8-10H2. The van der Waals surface area contributed by atoms with E-state index >= 15 is 0 Å². The molecule has 1 aliphatic heterocycles. The first-order valence-electron chi connectivity index (χ1n) is 6.27. The third-order valence-electron chi connectivity index (χ3n) is 3.24. The molecule has 0 saturated carbocycles. The zero-order valence-corrected chi connectivity index (χ0v) is 11.4. The van der Waals surface area contributed by atoms with E-state index in [-0.39, 0.29) is 5.75 Å². The first kappa shape index (κ1) is 14.0. The maximum Gasteiger partial charge on any atom is 0.215 e. The van der Waals surface area contributed by atoms with Crippen molar-refractivity contribution >= 4 is 10.0 Å². The quantitative estimate of drug-likeness (QED) is 0.826. The Morgan fingerprint density at radius 2 is 2.21 bits per heavy atom. The fraction of sp³-hybridized carbons (Fsp3) is 0.462. The van der Waals surface area contributed by atoms with Crippen LogP contribution in [0, 0.1) is 17.2 Å². The highest BCUT2D eigenvalue weighted by molar-refractivity contribution is 7.88. The lowest BCUT2D eigenvalue weighted by molar-refractivity contribution is 0.538. The van der Waals surface area contributed by atoms with Crippen LogP contribution in [0.1, 0.15) is 17.5 Å². The summed E-state index contributed by atoms with van der Waals surface area (Å²) < 4.78 is 26.6. The largest absolute Gasteiger partial charge is 0.316 e. The van der Waals surface area contributed by atoms with Crippen LogP contribution in [0.3, 0.4) is 0 Å². The molecule has 0 radical (unpaired) electrons. The number of nitrogens with one attached hydrogen (secondary N) is 2. The Kier molecular flexibility index (Phi) is 4.53. The van der Waals surface area contributed by atoms with Gasteiger partial charge < -0.3 is 5.32 Å². The van der Waals surface area contributed by atoms with E-state index < -0.39 is 10.0 Å². The second kappa shape index (κ2) is 6.15. The summed E-state index contributed by atoms with van der Waals surface area (Å²) in [5.41, 5.74) is 0.956. The van der Waals surface area contributed by atoms with Gasteiger partial charge in [-0.15, -0.1) is 0 Å². The smallest absolute Gasteiger partial charge is 0.215 e. The second-order valence-corrected chi connectivity index (χ2v) is 6.54. The maximum atomic E-state index is 12.0. The van der Waals surface area contributed by atoms with E-state index in [1.165, 1.54) is 0 Å². The lowest BCUT2D eigenvalue weighted by atomic mass is 10.1. The van der Waals surface area contributed by atoms with Crippen molar-refractivity contribution in [3.05, 3.63) is 35.4 Å². The summed E-state index contributed by atoms with van der Waals surface area (Å²) in [5, 5.41) is 12.1. The van der Waals surface area contributed by atoms with Gasteiger partial charge in [0, 0.05) is 6.54 Å². The molecule has 1 saturated heterocycles. The van der Waals surface area contributed by atoms with Crippen LogP contribution < -0.4 is 10.0 Å². The van der Waals surface area contributed by atoms with Crippen LogP contribution in [-0.2, 0) is 15.8 Å². The first-order valence-corrected chi connectivity index (χ1v) is 7.92. The molecule has 0 aromatic heterocycles. The highest BCUT2D eigenvalue weighted by Crippen LogP contribution is 2.12. The molecule has 1 aromatic rings. The predicted octanol–water partition coefficient (Wildman–Crippen LogP) is 0.587. The van der Waals surface area contributed by atoms with Gasteiger partial charge in [0.2, 0.25) is 10.0 Å². The number of nitrogens with zero attached hydrogens (tertiary/aromatic N) is 1. The van der Waals surface area contributed by atoms with Gasteiger partial charge in [-0.2, -0.15) is 5.26 Å². The van der Waals surface area contributed by atoms with Gasteiger partial charge >= 0.3 is 0 Å². The zero-order valence-electron chi connectivity index (χ0n) is 10.6. The minimum atomic E-state index is -3.38. The SMILES string of the molecule is N#Cc1ccccc1CS(=O)(=O)NCC1CCNC1. The van der Waals surface area contributed by atoms with Gasteiger partial charge in [0.05, 0.1) is 17.4 Å². The van der Waals surface area contributed by atoms with Crippen molar-refractivity contribution in [2.75, 3.05) is 19.6 Å². The summed E-state index contributed by atoms with van der Waals surface area (Å²) in [6.07, 6.45) is 0.997. The van der Waals surface area contributed by atoms with Crippen LogP contribution in [0.2, 0.25) is 0 Å². The lowest BCUT2D eigenvalue weighted by Crippen LogP contribution is -2.31. The van der Waals surface area contributed by atoms with E-state index in [1.807, 2.05) is 6.07 Å². The molecule has 1 unspecified atom stereocenters. The molecule has 2 N–H and O–H groups in total. The highest BCUT2D eigenvalue weighted by atomic mass is 32.2. The summed E-state index contributed by atoms with van der Waals surface area (Å²) in [4.78, 5) is 0.